The van der Waals surface area contributed by atoms with Crippen LogP contribution in [0.5, 0.6) is 5.75 Å². The lowest BCUT2D eigenvalue weighted by Gasteiger charge is -2.11. The molecule has 21 heavy (non-hydrogen) atoms. The average Bonchev–Trinajstić information content (AvgIpc) is 2.44. The first kappa shape index (κ1) is 15.0. The minimum Gasteiger partial charge on any atom is -0.491 e. The van der Waals surface area contributed by atoms with Gasteiger partial charge in [-0.15, -0.1) is 0 Å². The van der Waals surface area contributed by atoms with Crippen molar-refractivity contribution in [1.82, 2.24) is 9.97 Å². The van der Waals surface area contributed by atoms with E-state index in [0.29, 0.717) is 5.56 Å². The maximum absolute atomic E-state index is 13.8. The number of methoxy groups -OCH3 is 1. The first-order valence-corrected chi connectivity index (χ1v) is 6.14. The zero-order valence-corrected chi connectivity index (χ0v) is 11.9. The second-order valence-electron chi connectivity index (χ2n) is 4.15. The van der Waals surface area contributed by atoms with Crippen molar-refractivity contribution >= 4 is 23.4 Å². The Balaban J connectivity index is 2.71. The average molecular weight is 312 g/mol. The Morgan fingerprint density at radius 1 is 1.43 bits per heavy atom. The first-order chi connectivity index (χ1) is 9.86. The molecule has 6 nitrogen and oxygen atoms in total. The number of rotatable bonds is 3. The smallest absolute Gasteiger partial charge is 0.358 e. The van der Waals surface area contributed by atoms with E-state index in [9.17, 15) is 9.18 Å². The van der Waals surface area contributed by atoms with Crippen molar-refractivity contribution in [3.63, 3.8) is 0 Å². The van der Waals surface area contributed by atoms with Crippen molar-refractivity contribution in [2.24, 2.45) is 0 Å². The van der Waals surface area contributed by atoms with Gasteiger partial charge in [-0.1, -0.05) is 11.6 Å². The first-order valence-electron chi connectivity index (χ1n) is 5.76. The lowest BCUT2D eigenvalue weighted by molar-refractivity contribution is 0.0686. The lowest BCUT2D eigenvalue weighted by atomic mass is 10.1. The van der Waals surface area contributed by atoms with Gasteiger partial charge < -0.3 is 15.6 Å². The Bertz CT molecular complexity index is 737. The van der Waals surface area contributed by atoms with Crippen LogP contribution < -0.4 is 10.5 Å². The molecule has 0 fully saturated rings. The molecule has 3 N–H and O–H groups in total. The number of hydrogen-bond acceptors (Lipinski definition) is 5. The third-order valence-electron chi connectivity index (χ3n) is 2.88. The molecule has 1 heterocycles. The molecular weight excluding hydrogens is 301 g/mol. The van der Waals surface area contributed by atoms with Crippen LogP contribution in [0.4, 0.5) is 10.2 Å². The minimum absolute atomic E-state index is 0.0150. The fourth-order valence-electron chi connectivity index (χ4n) is 1.83. The van der Waals surface area contributed by atoms with Crippen LogP contribution in [0.3, 0.4) is 0 Å². The summed E-state index contributed by atoms with van der Waals surface area (Å²) in [5.74, 6) is -2.25. The van der Waals surface area contributed by atoms with Crippen molar-refractivity contribution in [2.75, 3.05) is 12.8 Å². The van der Waals surface area contributed by atoms with Crippen LogP contribution in [-0.2, 0) is 0 Å². The number of nitrogen functional groups attached to an aromatic ring is 1. The molecule has 8 heteroatoms. The highest BCUT2D eigenvalue weighted by Crippen LogP contribution is 2.31. The summed E-state index contributed by atoms with van der Waals surface area (Å²) in [4.78, 5) is 19.0. The third kappa shape index (κ3) is 2.59. The van der Waals surface area contributed by atoms with Gasteiger partial charge in [0.2, 0.25) is 0 Å². The summed E-state index contributed by atoms with van der Waals surface area (Å²) in [6.07, 6.45) is 0. The van der Waals surface area contributed by atoms with Crippen molar-refractivity contribution in [2.45, 2.75) is 6.92 Å². The van der Waals surface area contributed by atoms with E-state index in [2.05, 4.69) is 9.97 Å². The van der Waals surface area contributed by atoms with Gasteiger partial charge in [0, 0.05) is 5.56 Å². The molecule has 0 bridgehead atoms. The highest BCUT2D eigenvalue weighted by Gasteiger charge is 2.21. The number of hydrogen-bond donors (Lipinski definition) is 2. The van der Waals surface area contributed by atoms with Gasteiger partial charge in [0.05, 0.1) is 12.1 Å². The second kappa shape index (κ2) is 5.53. The Morgan fingerprint density at radius 2 is 2.10 bits per heavy atom. The molecule has 0 aliphatic carbocycles. The van der Waals surface area contributed by atoms with Crippen LogP contribution in [0.1, 0.15) is 16.1 Å². The van der Waals surface area contributed by atoms with E-state index in [4.69, 9.17) is 27.2 Å². The van der Waals surface area contributed by atoms with E-state index in [1.807, 2.05) is 0 Å². The van der Waals surface area contributed by atoms with E-state index in [0.717, 1.165) is 0 Å². The topological polar surface area (TPSA) is 98.3 Å². The number of carboxylic acid groups (broad SMARTS) is 1. The largest absolute Gasteiger partial charge is 0.491 e. The van der Waals surface area contributed by atoms with Crippen LogP contribution in [-0.4, -0.2) is 28.2 Å². The van der Waals surface area contributed by atoms with Crippen LogP contribution in [0, 0.1) is 12.7 Å². The number of aromatic carboxylic acids is 1. The number of carbonyl (C=O) groups is 1. The van der Waals surface area contributed by atoms with Crippen molar-refractivity contribution < 1.29 is 19.0 Å². The molecule has 2 aromatic rings. The summed E-state index contributed by atoms with van der Waals surface area (Å²) in [6, 6.07) is 2.83. The van der Waals surface area contributed by atoms with Crippen molar-refractivity contribution in [1.29, 1.82) is 0 Å². The molecule has 0 saturated heterocycles. The van der Waals surface area contributed by atoms with Crippen molar-refractivity contribution in [3.8, 4) is 17.1 Å². The third-order valence-corrected chi connectivity index (χ3v) is 3.17. The van der Waals surface area contributed by atoms with Gasteiger partial charge in [0.1, 0.15) is 5.82 Å². The number of anilines is 1. The molecule has 0 saturated carbocycles. The Morgan fingerprint density at radius 3 is 2.67 bits per heavy atom. The van der Waals surface area contributed by atoms with E-state index in [1.165, 1.54) is 26.2 Å². The lowest BCUT2D eigenvalue weighted by Crippen LogP contribution is -2.10. The summed E-state index contributed by atoms with van der Waals surface area (Å²) in [7, 11) is 1.26. The van der Waals surface area contributed by atoms with E-state index in [1.54, 1.807) is 0 Å². The quantitative estimate of drug-likeness (QED) is 0.903. The molecule has 1 aromatic heterocycles. The molecule has 0 unspecified atom stereocenters. The normalized spacial score (nSPS) is 10.5. The highest BCUT2D eigenvalue weighted by atomic mass is 35.5. The second-order valence-corrected chi connectivity index (χ2v) is 4.56. The molecule has 0 spiro atoms. The van der Waals surface area contributed by atoms with Crippen molar-refractivity contribution in [3.05, 3.63) is 34.2 Å². The summed E-state index contributed by atoms with van der Waals surface area (Å²) >= 11 is 5.68. The maximum Gasteiger partial charge on any atom is 0.358 e. The molecule has 1 aromatic carbocycles. The Labute approximate surface area is 124 Å². The zero-order valence-electron chi connectivity index (χ0n) is 11.1. The molecule has 0 aliphatic rings. The molecule has 0 aliphatic heterocycles. The number of carboxylic acids is 1. The van der Waals surface area contributed by atoms with E-state index >= 15 is 0 Å². The summed E-state index contributed by atoms with van der Waals surface area (Å²) in [5, 5.41) is 9.09. The number of halogens is 2. The van der Waals surface area contributed by atoms with Crippen LogP contribution in [0.15, 0.2) is 12.1 Å². The summed E-state index contributed by atoms with van der Waals surface area (Å²) in [5.41, 5.74) is 5.77. The van der Waals surface area contributed by atoms with E-state index < -0.39 is 17.5 Å². The van der Waals surface area contributed by atoms with Gasteiger partial charge in [-0.25, -0.2) is 19.2 Å². The molecule has 0 atom stereocenters. The van der Waals surface area contributed by atoms with Gasteiger partial charge in [-0.3, -0.25) is 0 Å². The molecule has 110 valence electrons. The number of nitrogens with two attached hydrogens (primary N) is 1. The molecule has 2 rings (SSSR count). The van der Waals surface area contributed by atoms with E-state index in [-0.39, 0.29) is 28.0 Å². The van der Waals surface area contributed by atoms with Gasteiger partial charge >= 0.3 is 5.97 Å². The van der Waals surface area contributed by atoms with Crippen LogP contribution >= 0.6 is 11.6 Å². The zero-order chi connectivity index (χ0) is 15.7. The molecular formula is C13H11ClFN3O3. The predicted molar refractivity (Wildman–Crippen MR) is 75.1 cm³/mol. The van der Waals surface area contributed by atoms with Gasteiger partial charge in [-0.2, -0.15) is 0 Å². The summed E-state index contributed by atoms with van der Waals surface area (Å²) in [6.45, 7) is 1.49. The number of ether oxygens (including phenoxy) is 1. The van der Waals surface area contributed by atoms with Crippen LogP contribution in [0.2, 0.25) is 5.02 Å². The SMILES string of the molecule is COc1c(N)nc(-c2ccc(Cl)c(F)c2C)nc1C(=O)O. The maximum atomic E-state index is 13.8. The Kier molecular flexibility index (Phi) is 3.95. The summed E-state index contributed by atoms with van der Waals surface area (Å²) < 4.78 is 18.7. The predicted octanol–water partition coefficient (Wildman–Crippen LogP) is 2.53. The Hall–Kier alpha value is -2.41. The molecule has 0 amide bonds. The van der Waals surface area contributed by atoms with Gasteiger partial charge in [-0.05, 0) is 24.6 Å². The monoisotopic (exact) mass is 311 g/mol. The number of nitrogens with zero attached hydrogens (tertiary/aromatic N) is 2. The van der Waals surface area contributed by atoms with Gasteiger partial charge in [0.25, 0.3) is 0 Å². The number of aromatic nitrogens is 2. The fraction of sp³-hybridized carbons (Fsp3) is 0.154. The standard InChI is InChI=1S/C13H11ClFN3O3/c1-5-6(3-4-7(14)8(5)15)12-17-9(13(19)20)10(21-2)11(16)18-12/h3-4H,1-2H3,(H,19,20)(H2,16,17,18). The minimum atomic E-state index is -1.32. The van der Waals surface area contributed by atoms with Gasteiger partial charge in [0.15, 0.2) is 23.1 Å². The fourth-order valence-corrected chi connectivity index (χ4v) is 2.03. The van der Waals surface area contributed by atoms with Crippen LogP contribution in [0.25, 0.3) is 11.4 Å². The number of benzene rings is 1. The molecule has 0 radical (unpaired) electrons. The highest BCUT2D eigenvalue weighted by molar-refractivity contribution is 6.30.